The van der Waals surface area contributed by atoms with E-state index >= 15 is 0 Å². The van der Waals surface area contributed by atoms with Gasteiger partial charge in [0.1, 0.15) is 5.52 Å². The summed E-state index contributed by atoms with van der Waals surface area (Å²) in [5.41, 5.74) is 2.71. The Labute approximate surface area is 126 Å². The Morgan fingerprint density at radius 2 is 2.10 bits per heavy atom. The van der Waals surface area contributed by atoms with Crippen molar-refractivity contribution in [3.63, 3.8) is 0 Å². The van der Waals surface area contributed by atoms with Gasteiger partial charge in [0.25, 0.3) is 5.91 Å². The number of halogens is 1. The van der Waals surface area contributed by atoms with Crippen molar-refractivity contribution in [1.82, 2.24) is 15.0 Å². The van der Waals surface area contributed by atoms with E-state index in [9.17, 15) is 4.79 Å². The van der Waals surface area contributed by atoms with Crippen molar-refractivity contribution in [2.24, 2.45) is 0 Å². The Morgan fingerprint density at radius 1 is 1.29 bits per heavy atom. The van der Waals surface area contributed by atoms with Crippen LogP contribution in [0.2, 0.25) is 5.02 Å². The lowest BCUT2D eigenvalue weighted by molar-refractivity contribution is 0.102. The quantitative estimate of drug-likeness (QED) is 0.807. The van der Waals surface area contributed by atoms with Crippen LogP contribution in [0.4, 0.5) is 5.69 Å². The molecule has 0 aliphatic heterocycles. The number of amides is 1. The number of aryl methyl sites for hydroxylation is 1. The fraction of sp³-hybridized carbons (Fsp3) is 0.133. The summed E-state index contributed by atoms with van der Waals surface area (Å²) in [4.78, 5) is 12.3. The van der Waals surface area contributed by atoms with Crippen molar-refractivity contribution in [3.8, 4) is 0 Å². The first-order valence-electron chi connectivity index (χ1n) is 6.58. The minimum absolute atomic E-state index is 0.226. The number of nitrogens with one attached hydrogen (secondary N) is 1. The van der Waals surface area contributed by atoms with Gasteiger partial charge in [-0.2, -0.15) is 0 Å². The van der Waals surface area contributed by atoms with E-state index in [0.29, 0.717) is 21.8 Å². The van der Waals surface area contributed by atoms with Gasteiger partial charge in [0.15, 0.2) is 0 Å². The number of hydrogen-bond donors (Lipinski definition) is 1. The largest absolute Gasteiger partial charge is 0.321 e. The van der Waals surface area contributed by atoms with E-state index in [2.05, 4.69) is 15.6 Å². The zero-order valence-electron chi connectivity index (χ0n) is 11.4. The van der Waals surface area contributed by atoms with E-state index in [4.69, 9.17) is 11.6 Å². The van der Waals surface area contributed by atoms with Gasteiger partial charge >= 0.3 is 0 Å². The molecule has 2 aromatic carbocycles. The first-order chi connectivity index (χ1) is 10.2. The van der Waals surface area contributed by atoms with Gasteiger partial charge < -0.3 is 5.32 Å². The monoisotopic (exact) mass is 300 g/mol. The lowest BCUT2D eigenvalue weighted by Crippen LogP contribution is -2.12. The van der Waals surface area contributed by atoms with E-state index in [1.54, 1.807) is 28.9 Å². The van der Waals surface area contributed by atoms with Gasteiger partial charge in [-0.3, -0.25) is 4.79 Å². The van der Waals surface area contributed by atoms with Gasteiger partial charge in [0, 0.05) is 12.1 Å². The van der Waals surface area contributed by atoms with Crippen LogP contribution < -0.4 is 5.32 Å². The molecule has 21 heavy (non-hydrogen) atoms. The van der Waals surface area contributed by atoms with Crippen molar-refractivity contribution in [2.75, 3.05) is 5.32 Å². The summed E-state index contributed by atoms with van der Waals surface area (Å²) in [5, 5.41) is 11.4. The zero-order chi connectivity index (χ0) is 14.8. The highest BCUT2D eigenvalue weighted by Gasteiger charge is 2.11. The van der Waals surface area contributed by atoms with Crippen LogP contribution in [-0.4, -0.2) is 20.9 Å². The lowest BCUT2D eigenvalue weighted by atomic mass is 10.2. The van der Waals surface area contributed by atoms with Crippen molar-refractivity contribution in [3.05, 3.63) is 53.1 Å². The molecule has 3 rings (SSSR count). The predicted molar refractivity (Wildman–Crippen MR) is 82.6 cm³/mol. The maximum atomic E-state index is 12.3. The molecule has 0 saturated carbocycles. The van der Waals surface area contributed by atoms with Crippen LogP contribution in [0.5, 0.6) is 0 Å². The minimum atomic E-state index is -0.226. The normalized spacial score (nSPS) is 10.8. The number of anilines is 1. The van der Waals surface area contributed by atoms with Crippen LogP contribution in [0.25, 0.3) is 11.0 Å². The SMILES string of the molecule is CCn1nnc2cc(C(=O)Nc3ccccc3Cl)ccc21. The third kappa shape index (κ3) is 2.60. The van der Waals surface area contributed by atoms with Gasteiger partial charge in [-0.05, 0) is 37.3 Å². The third-order valence-corrected chi connectivity index (χ3v) is 3.53. The number of carbonyl (C=O) groups excluding carboxylic acids is 1. The molecule has 1 aromatic heterocycles. The molecule has 0 fully saturated rings. The fourth-order valence-corrected chi connectivity index (χ4v) is 2.29. The summed E-state index contributed by atoms with van der Waals surface area (Å²) in [6.07, 6.45) is 0. The highest BCUT2D eigenvalue weighted by molar-refractivity contribution is 6.33. The molecular weight excluding hydrogens is 288 g/mol. The van der Waals surface area contributed by atoms with Gasteiger partial charge in [0.2, 0.25) is 0 Å². The molecule has 1 N–H and O–H groups in total. The molecule has 0 bridgehead atoms. The number of nitrogens with zero attached hydrogens (tertiary/aromatic N) is 3. The predicted octanol–water partition coefficient (Wildman–Crippen LogP) is 3.36. The Bertz CT molecular complexity index is 812. The van der Waals surface area contributed by atoms with Crippen molar-refractivity contribution in [2.45, 2.75) is 13.5 Å². The van der Waals surface area contributed by atoms with Crippen molar-refractivity contribution >= 4 is 34.2 Å². The van der Waals surface area contributed by atoms with E-state index in [1.165, 1.54) is 0 Å². The molecule has 0 aliphatic rings. The second-order valence-electron chi connectivity index (χ2n) is 4.54. The second-order valence-corrected chi connectivity index (χ2v) is 4.95. The average Bonchev–Trinajstić information content (AvgIpc) is 2.91. The van der Waals surface area contributed by atoms with E-state index in [1.807, 2.05) is 25.1 Å². The molecule has 106 valence electrons. The smallest absolute Gasteiger partial charge is 0.255 e. The van der Waals surface area contributed by atoms with Crippen molar-refractivity contribution < 1.29 is 4.79 Å². The Morgan fingerprint density at radius 3 is 2.86 bits per heavy atom. The standard InChI is InChI=1S/C15H13ClN4O/c1-2-20-14-8-7-10(9-13(14)18-19-20)15(21)17-12-6-4-3-5-11(12)16/h3-9H,2H2,1H3,(H,17,21). The summed E-state index contributed by atoms with van der Waals surface area (Å²) < 4.78 is 1.78. The molecule has 0 unspecified atom stereocenters. The Balaban J connectivity index is 1.90. The third-order valence-electron chi connectivity index (χ3n) is 3.20. The number of benzene rings is 2. The minimum Gasteiger partial charge on any atom is -0.321 e. The van der Waals surface area contributed by atoms with E-state index < -0.39 is 0 Å². The summed E-state index contributed by atoms with van der Waals surface area (Å²) in [6, 6.07) is 12.4. The van der Waals surface area contributed by atoms with Crippen LogP contribution in [0.15, 0.2) is 42.5 Å². The maximum Gasteiger partial charge on any atom is 0.255 e. The molecule has 3 aromatic rings. The first-order valence-corrected chi connectivity index (χ1v) is 6.96. The molecular formula is C15H13ClN4O. The Hall–Kier alpha value is -2.40. The van der Waals surface area contributed by atoms with Crippen LogP contribution in [0, 0.1) is 0 Å². The molecule has 1 heterocycles. The second kappa shape index (κ2) is 5.54. The van der Waals surface area contributed by atoms with E-state index in [-0.39, 0.29) is 5.91 Å². The number of fused-ring (bicyclic) bond motifs is 1. The molecule has 0 spiro atoms. The number of aromatic nitrogens is 3. The molecule has 0 aliphatic carbocycles. The number of hydrogen-bond acceptors (Lipinski definition) is 3. The molecule has 1 amide bonds. The zero-order valence-corrected chi connectivity index (χ0v) is 12.1. The number of carbonyl (C=O) groups is 1. The number of rotatable bonds is 3. The molecule has 0 radical (unpaired) electrons. The van der Waals surface area contributed by atoms with Gasteiger partial charge in [0.05, 0.1) is 16.2 Å². The summed E-state index contributed by atoms with van der Waals surface area (Å²) in [5.74, 6) is -0.226. The van der Waals surface area contributed by atoms with Crippen LogP contribution in [-0.2, 0) is 6.54 Å². The summed E-state index contributed by atoms with van der Waals surface area (Å²) in [6.45, 7) is 2.73. The van der Waals surface area contributed by atoms with Crippen molar-refractivity contribution in [1.29, 1.82) is 0 Å². The molecule has 5 nitrogen and oxygen atoms in total. The lowest BCUT2D eigenvalue weighted by Gasteiger charge is -2.07. The van der Waals surface area contributed by atoms with Crippen LogP contribution in [0.3, 0.4) is 0 Å². The van der Waals surface area contributed by atoms with Crippen LogP contribution in [0.1, 0.15) is 17.3 Å². The summed E-state index contributed by atoms with van der Waals surface area (Å²) in [7, 11) is 0. The van der Waals surface area contributed by atoms with Crippen LogP contribution >= 0.6 is 11.6 Å². The Kier molecular flexibility index (Phi) is 3.58. The summed E-state index contributed by atoms with van der Waals surface area (Å²) >= 11 is 6.03. The van der Waals surface area contributed by atoms with Gasteiger partial charge in [-0.1, -0.05) is 28.9 Å². The molecule has 0 atom stereocenters. The average molecular weight is 301 g/mol. The molecule has 6 heteroatoms. The first kappa shape index (κ1) is 13.6. The topological polar surface area (TPSA) is 59.8 Å². The number of para-hydroxylation sites is 1. The molecule has 0 saturated heterocycles. The highest BCUT2D eigenvalue weighted by atomic mass is 35.5. The fourth-order valence-electron chi connectivity index (χ4n) is 2.10. The maximum absolute atomic E-state index is 12.3. The van der Waals surface area contributed by atoms with Gasteiger partial charge in [-0.15, -0.1) is 5.10 Å². The highest BCUT2D eigenvalue weighted by Crippen LogP contribution is 2.22. The van der Waals surface area contributed by atoms with Gasteiger partial charge in [-0.25, -0.2) is 4.68 Å². The van der Waals surface area contributed by atoms with E-state index in [0.717, 1.165) is 12.1 Å².